The van der Waals surface area contributed by atoms with Crippen LogP contribution in [0.4, 0.5) is 5.69 Å². The Hall–Kier alpha value is -2.40. The summed E-state index contributed by atoms with van der Waals surface area (Å²) < 4.78 is 0. The number of carbonyl (C=O) groups excluding carboxylic acids is 1. The van der Waals surface area contributed by atoms with Gasteiger partial charge in [-0.15, -0.1) is 0 Å². The number of benzene rings is 1. The van der Waals surface area contributed by atoms with E-state index in [0.29, 0.717) is 5.92 Å². The molecule has 2 aromatic rings. The first-order valence-corrected chi connectivity index (χ1v) is 12.4. The summed E-state index contributed by atoms with van der Waals surface area (Å²) in [5, 5.41) is 3.24. The SMILES string of the molecule is CN1CCCC2(C1)CN(Cc1cccnc1)c1ccc(C(=O)NCC3CCCCC3)cc12. The number of fused-ring (bicyclic) bond motifs is 2. The van der Waals surface area contributed by atoms with Crippen molar-refractivity contribution in [3.8, 4) is 0 Å². The number of amides is 1. The van der Waals surface area contributed by atoms with Crippen molar-refractivity contribution in [2.45, 2.75) is 56.9 Å². The second-order valence-corrected chi connectivity index (χ2v) is 10.3. The van der Waals surface area contributed by atoms with Crippen molar-refractivity contribution in [1.29, 1.82) is 0 Å². The highest BCUT2D eigenvalue weighted by Gasteiger charge is 2.45. The van der Waals surface area contributed by atoms with Crippen LogP contribution in [0, 0.1) is 5.92 Å². The third-order valence-corrected chi connectivity index (χ3v) is 7.80. The summed E-state index contributed by atoms with van der Waals surface area (Å²) in [6.45, 7) is 4.89. The van der Waals surface area contributed by atoms with Crippen molar-refractivity contribution in [2.75, 3.05) is 38.1 Å². The molecule has 0 bridgehead atoms. The average molecular weight is 433 g/mol. The molecule has 1 amide bonds. The second-order valence-electron chi connectivity index (χ2n) is 10.3. The number of nitrogens with one attached hydrogen (secondary N) is 1. The molecule has 2 aliphatic heterocycles. The van der Waals surface area contributed by atoms with E-state index in [1.165, 1.54) is 61.8 Å². The lowest BCUT2D eigenvalue weighted by molar-refractivity contribution is 0.0943. The Morgan fingerprint density at radius 1 is 1.16 bits per heavy atom. The van der Waals surface area contributed by atoms with Gasteiger partial charge in [-0.3, -0.25) is 9.78 Å². The lowest BCUT2D eigenvalue weighted by Crippen LogP contribution is -2.47. The maximum atomic E-state index is 13.1. The van der Waals surface area contributed by atoms with Crippen LogP contribution in [0.2, 0.25) is 0 Å². The Bertz CT molecular complexity index is 940. The molecule has 170 valence electrons. The van der Waals surface area contributed by atoms with E-state index >= 15 is 0 Å². The smallest absolute Gasteiger partial charge is 0.251 e. The van der Waals surface area contributed by atoms with E-state index in [1.807, 2.05) is 24.5 Å². The fourth-order valence-corrected chi connectivity index (χ4v) is 6.21. The normalized spacial score (nSPS) is 24.0. The third-order valence-electron chi connectivity index (χ3n) is 7.80. The number of anilines is 1. The number of rotatable bonds is 5. The average Bonchev–Trinajstić information content (AvgIpc) is 3.10. The van der Waals surface area contributed by atoms with Gasteiger partial charge in [0.1, 0.15) is 0 Å². The van der Waals surface area contributed by atoms with Crippen LogP contribution < -0.4 is 10.2 Å². The molecule has 1 N–H and O–H groups in total. The maximum absolute atomic E-state index is 13.1. The van der Waals surface area contributed by atoms with Gasteiger partial charge in [0.15, 0.2) is 0 Å². The summed E-state index contributed by atoms with van der Waals surface area (Å²) in [5.74, 6) is 0.735. The van der Waals surface area contributed by atoms with E-state index in [-0.39, 0.29) is 11.3 Å². The van der Waals surface area contributed by atoms with E-state index in [9.17, 15) is 4.79 Å². The van der Waals surface area contributed by atoms with Crippen LogP contribution in [-0.4, -0.2) is 49.0 Å². The molecule has 5 nitrogen and oxygen atoms in total. The molecule has 1 aromatic carbocycles. The Balaban J connectivity index is 1.39. The monoisotopic (exact) mass is 432 g/mol. The van der Waals surface area contributed by atoms with Gasteiger partial charge in [0.2, 0.25) is 0 Å². The summed E-state index contributed by atoms with van der Waals surface area (Å²) in [5.41, 5.74) is 4.79. The first kappa shape index (κ1) is 21.4. The van der Waals surface area contributed by atoms with Crippen LogP contribution in [-0.2, 0) is 12.0 Å². The molecule has 1 spiro atoms. The van der Waals surface area contributed by atoms with E-state index in [2.05, 4.69) is 45.3 Å². The van der Waals surface area contributed by atoms with Gasteiger partial charge in [-0.25, -0.2) is 0 Å². The Kier molecular flexibility index (Phi) is 6.18. The summed E-state index contributed by atoms with van der Waals surface area (Å²) in [6.07, 6.45) is 12.6. The van der Waals surface area contributed by atoms with Crippen molar-refractivity contribution in [1.82, 2.24) is 15.2 Å². The molecule has 1 unspecified atom stereocenters. The molecule has 1 aromatic heterocycles. The number of carbonyl (C=O) groups is 1. The number of likely N-dealkylation sites (tertiary alicyclic amines) is 1. The van der Waals surface area contributed by atoms with Crippen LogP contribution in [0.5, 0.6) is 0 Å². The lowest BCUT2D eigenvalue weighted by atomic mass is 9.75. The number of pyridine rings is 1. The molecular weight excluding hydrogens is 396 g/mol. The zero-order chi connectivity index (χ0) is 22.0. The minimum atomic E-state index is 0.0865. The fraction of sp³-hybridized carbons (Fsp3) is 0.556. The lowest BCUT2D eigenvalue weighted by Gasteiger charge is -2.39. The van der Waals surface area contributed by atoms with Gasteiger partial charge in [-0.1, -0.05) is 25.3 Å². The summed E-state index contributed by atoms with van der Waals surface area (Å²) >= 11 is 0. The standard InChI is InChI=1S/C27H36N4O/c1-30-14-6-12-27(19-30)20-31(18-22-9-5-13-28-16-22)25-11-10-23(15-24(25)27)26(32)29-17-21-7-3-2-4-8-21/h5,9-11,13,15-16,21H,2-4,6-8,12,14,17-20H2,1H3,(H,29,32). The Morgan fingerprint density at radius 3 is 2.81 bits per heavy atom. The van der Waals surface area contributed by atoms with Crippen molar-refractivity contribution in [3.05, 3.63) is 59.4 Å². The van der Waals surface area contributed by atoms with Crippen LogP contribution in [0.3, 0.4) is 0 Å². The Labute approximate surface area is 192 Å². The molecule has 0 radical (unpaired) electrons. The van der Waals surface area contributed by atoms with Gasteiger partial charge in [-0.05, 0) is 80.6 Å². The van der Waals surface area contributed by atoms with Crippen molar-refractivity contribution in [3.63, 3.8) is 0 Å². The molecule has 1 saturated heterocycles. The highest BCUT2D eigenvalue weighted by Crippen LogP contribution is 2.46. The van der Waals surface area contributed by atoms with E-state index < -0.39 is 0 Å². The minimum Gasteiger partial charge on any atom is -0.366 e. The predicted octanol–water partition coefficient (Wildman–Crippen LogP) is 4.38. The molecule has 3 aliphatic rings. The molecule has 32 heavy (non-hydrogen) atoms. The molecule has 1 aliphatic carbocycles. The molecule has 2 fully saturated rings. The Morgan fingerprint density at radius 2 is 2.03 bits per heavy atom. The van der Waals surface area contributed by atoms with Crippen molar-refractivity contribution < 1.29 is 4.79 Å². The van der Waals surface area contributed by atoms with E-state index in [0.717, 1.165) is 38.3 Å². The molecule has 1 saturated carbocycles. The zero-order valence-electron chi connectivity index (χ0n) is 19.4. The predicted molar refractivity (Wildman–Crippen MR) is 129 cm³/mol. The topological polar surface area (TPSA) is 48.5 Å². The first-order valence-electron chi connectivity index (χ1n) is 12.4. The molecule has 5 heteroatoms. The van der Waals surface area contributed by atoms with Crippen LogP contribution in [0.15, 0.2) is 42.7 Å². The highest BCUT2D eigenvalue weighted by atomic mass is 16.1. The highest BCUT2D eigenvalue weighted by molar-refractivity contribution is 5.95. The molecule has 3 heterocycles. The number of piperidine rings is 1. The number of likely N-dealkylation sites (N-methyl/N-ethyl adjacent to an activating group) is 1. The number of hydrogen-bond acceptors (Lipinski definition) is 4. The first-order chi connectivity index (χ1) is 15.6. The van der Waals surface area contributed by atoms with Gasteiger partial charge in [-0.2, -0.15) is 0 Å². The van der Waals surface area contributed by atoms with Crippen LogP contribution >= 0.6 is 0 Å². The van der Waals surface area contributed by atoms with E-state index in [1.54, 1.807) is 0 Å². The number of hydrogen-bond donors (Lipinski definition) is 1. The van der Waals surface area contributed by atoms with Crippen LogP contribution in [0.1, 0.15) is 66.4 Å². The number of nitrogens with zero attached hydrogens (tertiary/aromatic N) is 3. The van der Waals surface area contributed by atoms with Crippen LogP contribution in [0.25, 0.3) is 0 Å². The van der Waals surface area contributed by atoms with Crippen molar-refractivity contribution >= 4 is 11.6 Å². The summed E-state index contributed by atoms with van der Waals surface area (Å²) in [6, 6.07) is 10.6. The minimum absolute atomic E-state index is 0.0865. The zero-order valence-corrected chi connectivity index (χ0v) is 19.4. The maximum Gasteiger partial charge on any atom is 0.251 e. The molecular formula is C27H36N4O. The molecule has 5 rings (SSSR count). The van der Waals surface area contributed by atoms with Gasteiger partial charge in [0.25, 0.3) is 5.91 Å². The van der Waals surface area contributed by atoms with E-state index in [4.69, 9.17) is 0 Å². The van der Waals surface area contributed by atoms with Gasteiger partial charge >= 0.3 is 0 Å². The summed E-state index contributed by atoms with van der Waals surface area (Å²) in [4.78, 5) is 22.3. The van der Waals surface area contributed by atoms with Gasteiger partial charge < -0.3 is 15.1 Å². The quantitative estimate of drug-likeness (QED) is 0.762. The summed E-state index contributed by atoms with van der Waals surface area (Å²) in [7, 11) is 2.23. The number of aromatic nitrogens is 1. The third kappa shape index (κ3) is 4.40. The second kappa shape index (κ2) is 9.22. The van der Waals surface area contributed by atoms with Gasteiger partial charge in [0.05, 0.1) is 0 Å². The largest absolute Gasteiger partial charge is 0.366 e. The molecule has 1 atom stereocenters. The van der Waals surface area contributed by atoms with Gasteiger partial charge in [0, 0.05) is 55.2 Å². The fourth-order valence-electron chi connectivity index (χ4n) is 6.21. The van der Waals surface area contributed by atoms with Crippen molar-refractivity contribution in [2.24, 2.45) is 5.92 Å².